The van der Waals surface area contributed by atoms with Gasteiger partial charge in [0, 0.05) is 18.7 Å². The molecular weight excluding hydrogens is 358 g/mol. The van der Waals surface area contributed by atoms with Gasteiger partial charge in [0.25, 0.3) is 5.91 Å². The molecule has 1 fully saturated rings. The minimum Gasteiger partial charge on any atom is -0.493 e. The molecule has 4 rings (SSSR count). The van der Waals surface area contributed by atoms with Crippen molar-refractivity contribution in [3.8, 4) is 11.5 Å². The van der Waals surface area contributed by atoms with Crippen LogP contribution in [0.5, 0.6) is 11.5 Å². The van der Waals surface area contributed by atoms with E-state index in [0.717, 1.165) is 30.6 Å². The van der Waals surface area contributed by atoms with Gasteiger partial charge in [0.15, 0.2) is 11.5 Å². The molecule has 2 aromatic rings. The fraction of sp³-hybridized carbons (Fsp3) is 0.333. The van der Waals surface area contributed by atoms with E-state index >= 15 is 0 Å². The van der Waals surface area contributed by atoms with E-state index < -0.39 is 0 Å². The lowest BCUT2D eigenvalue weighted by atomic mass is 10.1. The second kappa shape index (κ2) is 7.42. The van der Waals surface area contributed by atoms with Crippen molar-refractivity contribution in [3.05, 3.63) is 47.5 Å². The Morgan fingerprint density at radius 2 is 2.00 bits per heavy atom. The summed E-state index contributed by atoms with van der Waals surface area (Å²) in [5.74, 6) is 1.07. The number of carbonyl (C=O) groups excluding carboxylic acids is 2. The number of benzene rings is 2. The quantitative estimate of drug-likeness (QED) is 0.832. The van der Waals surface area contributed by atoms with E-state index in [0.29, 0.717) is 29.3 Å². The summed E-state index contributed by atoms with van der Waals surface area (Å²) < 4.78 is 10.5. The zero-order valence-electron chi connectivity index (χ0n) is 16.0. The Kier molecular flexibility index (Phi) is 4.81. The van der Waals surface area contributed by atoms with Crippen LogP contribution in [0, 0.1) is 0 Å². The van der Waals surface area contributed by atoms with Crippen LogP contribution in [0.3, 0.4) is 0 Å². The number of methoxy groups -OCH3 is 2. The Balaban J connectivity index is 1.47. The van der Waals surface area contributed by atoms with Gasteiger partial charge >= 0.3 is 0 Å². The Hall–Kier alpha value is -3.22. The summed E-state index contributed by atoms with van der Waals surface area (Å²) in [6, 6.07) is 10.9. The maximum absolute atomic E-state index is 12.6. The number of rotatable bonds is 5. The standard InChI is InChI=1S/C21H23N3O4/c1-27-18-8-5-13(10-19(18)28-2)12-22-20(25)14-6-7-16-15(11-14)23-21(26)17-4-3-9-24(16)17/h5-8,10-11,17H,3-4,9,12H2,1-2H3,(H,22,25)(H,23,26)/t17-/m1/s1. The molecule has 0 spiro atoms. The van der Waals surface area contributed by atoms with Crippen molar-refractivity contribution in [1.29, 1.82) is 0 Å². The van der Waals surface area contributed by atoms with Crippen LogP contribution < -0.4 is 25.0 Å². The lowest BCUT2D eigenvalue weighted by Crippen LogP contribution is -2.44. The predicted octanol–water partition coefficient (Wildman–Crippen LogP) is 2.55. The van der Waals surface area contributed by atoms with Crippen molar-refractivity contribution in [2.75, 3.05) is 31.0 Å². The van der Waals surface area contributed by atoms with Crippen LogP contribution in [-0.4, -0.2) is 38.6 Å². The highest BCUT2D eigenvalue weighted by molar-refractivity contribution is 6.06. The lowest BCUT2D eigenvalue weighted by molar-refractivity contribution is -0.117. The van der Waals surface area contributed by atoms with Crippen molar-refractivity contribution in [3.63, 3.8) is 0 Å². The Morgan fingerprint density at radius 3 is 2.79 bits per heavy atom. The maximum atomic E-state index is 12.6. The van der Waals surface area contributed by atoms with E-state index in [9.17, 15) is 9.59 Å². The summed E-state index contributed by atoms with van der Waals surface area (Å²) in [5, 5.41) is 5.84. The van der Waals surface area contributed by atoms with Gasteiger partial charge in [0.05, 0.1) is 25.6 Å². The van der Waals surface area contributed by atoms with Gasteiger partial charge in [-0.05, 0) is 48.7 Å². The van der Waals surface area contributed by atoms with Crippen LogP contribution >= 0.6 is 0 Å². The number of anilines is 2. The maximum Gasteiger partial charge on any atom is 0.251 e. The molecule has 0 unspecified atom stereocenters. The number of nitrogens with one attached hydrogen (secondary N) is 2. The second-order valence-corrected chi connectivity index (χ2v) is 6.94. The molecule has 1 saturated heterocycles. The summed E-state index contributed by atoms with van der Waals surface area (Å²) in [6.07, 6.45) is 1.88. The lowest BCUT2D eigenvalue weighted by Gasteiger charge is -2.33. The summed E-state index contributed by atoms with van der Waals surface area (Å²) in [5.41, 5.74) is 3.09. The van der Waals surface area contributed by atoms with E-state index in [1.54, 1.807) is 32.4 Å². The van der Waals surface area contributed by atoms with Crippen molar-refractivity contribution in [2.45, 2.75) is 25.4 Å². The number of carbonyl (C=O) groups is 2. The molecule has 0 aliphatic carbocycles. The van der Waals surface area contributed by atoms with Crippen molar-refractivity contribution >= 4 is 23.2 Å². The van der Waals surface area contributed by atoms with Gasteiger partial charge in [-0.1, -0.05) is 6.07 Å². The minimum absolute atomic E-state index is 0.00730. The third kappa shape index (κ3) is 3.24. The van der Waals surface area contributed by atoms with Gasteiger partial charge in [-0.2, -0.15) is 0 Å². The summed E-state index contributed by atoms with van der Waals surface area (Å²) >= 11 is 0. The van der Waals surface area contributed by atoms with Crippen molar-refractivity contribution in [2.24, 2.45) is 0 Å². The molecule has 146 valence electrons. The van der Waals surface area contributed by atoms with Crippen LogP contribution in [0.1, 0.15) is 28.8 Å². The largest absolute Gasteiger partial charge is 0.493 e. The van der Waals surface area contributed by atoms with Crippen LogP contribution in [0.15, 0.2) is 36.4 Å². The van der Waals surface area contributed by atoms with Crippen LogP contribution in [0.4, 0.5) is 11.4 Å². The molecule has 7 heteroatoms. The predicted molar refractivity (Wildman–Crippen MR) is 106 cm³/mol. The molecule has 1 atom stereocenters. The monoisotopic (exact) mass is 381 g/mol. The third-order valence-corrected chi connectivity index (χ3v) is 5.28. The number of fused-ring (bicyclic) bond motifs is 3. The molecule has 2 aliphatic heterocycles. The molecule has 0 bridgehead atoms. The number of hydrogen-bond acceptors (Lipinski definition) is 5. The number of ether oxygens (including phenoxy) is 2. The smallest absolute Gasteiger partial charge is 0.251 e. The first-order valence-corrected chi connectivity index (χ1v) is 9.31. The normalized spacial score (nSPS) is 17.4. The highest BCUT2D eigenvalue weighted by Crippen LogP contribution is 2.37. The SMILES string of the molecule is COc1ccc(CNC(=O)c2ccc3c(c2)NC(=O)[C@H]2CCCN32)cc1OC. The second-order valence-electron chi connectivity index (χ2n) is 6.94. The molecule has 2 N–H and O–H groups in total. The van der Waals surface area contributed by atoms with Gasteiger partial charge in [0.1, 0.15) is 6.04 Å². The molecule has 7 nitrogen and oxygen atoms in total. The van der Waals surface area contributed by atoms with Crippen molar-refractivity contribution in [1.82, 2.24) is 5.32 Å². The van der Waals surface area contributed by atoms with Crippen LogP contribution in [-0.2, 0) is 11.3 Å². The average Bonchev–Trinajstić information content (AvgIpc) is 3.22. The highest BCUT2D eigenvalue weighted by atomic mass is 16.5. The van der Waals surface area contributed by atoms with Gasteiger partial charge in [-0.15, -0.1) is 0 Å². The van der Waals surface area contributed by atoms with Crippen LogP contribution in [0.25, 0.3) is 0 Å². The van der Waals surface area contributed by atoms with Gasteiger partial charge in [-0.25, -0.2) is 0 Å². The Morgan fingerprint density at radius 1 is 1.18 bits per heavy atom. The van der Waals surface area contributed by atoms with Gasteiger partial charge in [-0.3, -0.25) is 9.59 Å². The molecular formula is C21H23N3O4. The Labute approximate surface area is 163 Å². The first-order chi connectivity index (χ1) is 13.6. The van der Waals surface area contributed by atoms with Gasteiger partial charge in [0.2, 0.25) is 5.91 Å². The molecule has 0 radical (unpaired) electrons. The zero-order chi connectivity index (χ0) is 19.7. The van der Waals surface area contributed by atoms with E-state index in [1.165, 1.54) is 0 Å². The molecule has 0 aromatic heterocycles. The fourth-order valence-electron chi connectivity index (χ4n) is 3.85. The van der Waals surface area contributed by atoms with Crippen LogP contribution in [0.2, 0.25) is 0 Å². The van der Waals surface area contributed by atoms with E-state index in [-0.39, 0.29) is 17.9 Å². The summed E-state index contributed by atoms with van der Waals surface area (Å²) in [4.78, 5) is 27.0. The first kappa shape index (κ1) is 18.2. The highest BCUT2D eigenvalue weighted by Gasteiger charge is 2.36. The molecule has 2 aromatic carbocycles. The third-order valence-electron chi connectivity index (χ3n) is 5.28. The van der Waals surface area contributed by atoms with Gasteiger partial charge < -0.3 is 25.0 Å². The average molecular weight is 381 g/mol. The molecule has 2 amide bonds. The van der Waals surface area contributed by atoms with E-state index in [1.807, 2.05) is 18.2 Å². The fourth-order valence-corrected chi connectivity index (χ4v) is 3.85. The topological polar surface area (TPSA) is 79.9 Å². The van der Waals surface area contributed by atoms with Crippen molar-refractivity contribution < 1.29 is 19.1 Å². The molecule has 28 heavy (non-hydrogen) atoms. The minimum atomic E-state index is -0.199. The summed E-state index contributed by atoms with van der Waals surface area (Å²) in [6.45, 7) is 1.23. The summed E-state index contributed by atoms with van der Waals surface area (Å²) in [7, 11) is 3.16. The van der Waals surface area contributed by atoms with E-state index in [4.69, 9.17) is 9.47 Å². The van der Waals surface area contributed by atoms with E-state index in [2.05, 4.69) is 15.5 Å². The number of amides is 2. The number of nitrogens with zero attached hydrogens (tertiary/aromatic N) is 1. The molecule has 2 heterocycles. The molecule has 0 saturated carbocycles. The zero-order valence-corrected chi connectivity index (χ0v) is 16.0. The Bertz CT molecular complexity index is 928. The first-order valence-electron chi connectivity index (χ1n) is 9.31. The molecule has 2 aliphatic rings. The number of hydrogen-bond donors (Lipinski definition) is 2.